The SMILES string of the molecule is CC(=O)C1C2C=C(C#N)OC21. The van der Waals surface area contributed by atoms with Crippen LogP contribution in [-0.4, -0.2) is 11.9 Å². The van der Waals surface area contributed by atoms with Gasteiger partial charge in [-0.25, -0.2) is 0 Å². The van der Waals surface area contributed by atoms with Crippen molar-refractivity contribution in [1.29, 1.82) is 5.26 Å². The average Bonchev–Trinajstić information content (AvgIpc) is 2.48. The van der Waals surface area contributed by atoms with Gasteiger partial charge in [0.25, 0.3) is 0 Å². The van der Waals surface area contributed by atoms with E-state index in [2.05, 4.69) is 0 Å². The lowest BCUT2D eigenvalue weighted by Crippen LogP contribution is -2.02. The zero-order valence-electron chi connectivity index (χ0n) is 6.07. The van der Waals surface area contributed by atoms with Crippen molar-refractivity contribution in [3.05, 3.63) is 11.8 Å². The van der Waals surface area contributed by atoms with E-state index in [1.165, 1.54) is 0 Å². The standard InChI is InChI=1S/C8H7NO2/c1-4(10)7-6-2-5(3-9)11-8(6)7/h2,6-8H,1H3. The van der Waals surface area contributed by atoms with Crippen LogP contribution < -0.4 is 0 Å². The molecule has 0 aromatic rings. The maximum absolute atomic E-state index is 10.8. The molecule has 3 unspecified atom stereocenters. The summed E-state index contributed by atoms with van der Waals surface area (Å²) >= 11 is 0. The Hall–Kier alpha value is -1.30. The zero-order valence-corrected chi connectivity index (χ0v) is 6.07. The van der Waals surface area contributed by atoms with E-state index in [1.54, 1.807) is 13.0 Å². The summed E-state index contributed by atoms with van der Waals surface area (Å²) < 4.78 is 5.14. The highest BCUT2D eigenvalue weighted by Crippen LogP contribution is 2.49. The van der Waals surface area contributed by atoms with Gasteiger partial charge >= 0.3 is 0 Å². The molecule has 1 aliphatic heterocycles. The molecule has 3 atom stereocenters. The molecular weight excluding hydrogens is 142 g/mol. The van der Waals surface area contributed by atoms with E-state index in [0.717, 1.165) is 0 Å². The molecule has 0 spiro atoms. The average molecular weight is 149 g/mol. The van der Waals surface area contributed by atoms with Gasteiger partial charge in [0.05, 0.1) is 5.92 Å². The van der Waals surface area contributed by atoms with Crippen molar-refractivity contribution in [3.63, 3.8) is 0 Å². The van der Waals surface area contributed by atoms with Crippen LogP contribution in [0.5, 0.6) is 0 Å². The maximum Gasteiger partial charge on any atom is 0.193 e. The van der Waals surface area contributed by atoms with Gasteiger partial charge in [0.2, 0.25) is 0 Å². The van der Waals surface area contributed by atoms with Crippen molar-refractivity contribution in [2.45, 2.75) is 13.0 Å². The molecule has 11 heavy (non-hydrogen) atoms. The van der Waals surface area contributed by atoms with E-state index in [9.17, 15) is 4.79 Å². The van der Waals surface area contributed by atoms with Crippen molar-refractivity contribution in [2.24, 2.45) is 11.8 Å². The molecule has 1 saturated carbocycles. The number of allylic oxidation sites excluding steroid dienone is 1. The number of nitrogens with zero attached hydrogens (tertiary/aromatic N) is 1. The lowest BCUT2D eigenvalue weighted by Gasteiger charge is -1.97. The summed E-state index contributed by atoms with van der Waals surface area (Å²) in [5, 5.41) is 8.40. The quantitative estimate of drug-likeness (QED) is 0.549. The van der Waals surface area contributed by atoms with Crippen molar-refractivity contribution in [2.75, 3.05) is 0 Å². The number of fused-ring (bicyclic) bond motifs is 1. The molecule has 0 radical (unpaired) electrons. The first-order valence-corrected chi connectivity index (χ1v) is 3.53. The third-order valence-corrected chi connectivity index (χ3v) is 2.19. The summed E-state index contributed by atoms with van der Waals surface area (Å²) in [4.78, 5) is 10.8. The second kappa shape index (κ2) is 1.85. The van der Waals surface area contributed by atoms with Crippen molar-refractivity contribution in [1.82, 2.24) is 0 Å². The Morgan fingerprint density at radius 1 is 1.82 bits per heavy atom. The lowest BCUT2D eigenvalue weighted by molar-refractivity contribution is -0.119. The van der Waals surface area contributed by atoms with Crippen molar-refractivity contribution in [3.8, 4) is 6.07 Å². The third kappa shape index (κ3) is 0.758. The molecule has 2 rings (SSSR count). The van der Waals surface area contributed by atoms with Gasteiger partial charge in [0, 0.05) is 5.92 Å². The van der Waals surface area contributed by atoms with Crippen LogP contribution >= 0.6 is 0 Å². The maximum atomic E-state index is 10.8. The molecule has 3 heteroatoms. The molecule has 0 N–H and O–H groups in total. The van der Waals surface area contributed by atoms with Gasteiger partial charge in [-0.3, -0.25) is 4.79 Å². The first-order valence-electron chi connectivity index (χ1n) is 3.53. The topological polar surface area (TPSA) is 50.1 Å². The number of hydrogen-bond acceptors (Lipinski definition) is 3. The highest BCUT2D eigenvalue weighted by molar-refractivity contribution is 5.83. The predicted molar refractivity (Wildman–Crippen MR) is 36.2 cm³/mol. The van der Waals surface area contributed by atoms with Crippen LogP contribution in [0.25, 0.3) is 0 Å². The Labute approximate surface area is 64.3 Å². The fraction of sp³-hybridized carbons (Fsp3) is 0.500. The van der Waals surface area contributed by atoms with E-state index in [0.29, 0.717) is 5.76 Å². The van der Waals surface area contributed by atoms with Crippen molar-refractivity contribution < 1.29 is 9.53 Å². The van der Waals surface area contributed by atoms with E-state index < -0.39 is 0 Å². The molecule has 3 nitrogen and oxygen atoms in total. The first-order chi connectivity index (χ1) is 5.24. The summed E-state index contributed by atoms with van der Waals surface area (Å²) in [5.74, 6) is 0.764. The Balaban J connectivity index is 2.10. The van der Waals surface area contributed by atoms with Crippen LogP contribution in [0.2, 0.25) is 0 Å². The minimum absolute atomic E-state index is 0.0119. The van der Waals surface area contributed by atoms with Crippen LogP contribution in [0.3, 0.4) is 0 Å². The zero-order chi connectivity index (χ0) is 8.01. The minimum Gasteiger partial charge on any atom is -0.479 e. The molecule has 0 amide bonds. The van der Waals surface area contributed by atoms with Crippen molar-refractivity contribution >= 4 is 5.78 Å². The van der Waals surface area contributed by atoms with Gasteiger partial charge in [-0.1, -0.05) is 0 Å². The molecule has 1 heterocycles. The molecule has 56 valence electrons. The summed E-state index contributed by atoms with van der Waals surface area (Å²) in [6.45, 7) is 1.56. The highest BCUT2D eigenvalue weighted by atomic mass is 16.5. The van der Waals surface area contributed by atoms with Gasteiger partial charge in [-0.2, -0.15) is 5.26 Å². The van der Waals surface area contributed by atoms with Gasteiger partial charge in [-0.05, 0) is 13.0 Å². The molecular formula is C8H7NO2. The molecule has 0 aromatic carbocycles. The van der Waals surface area contributed by atoms with Crippen LogP contribution in [0, 0.1) is 23.2 Å². The van der Waals surface area contributed by atoms with E-state index in [4.69, 9.17) is 10.00 Å². The smallest absolute Gasteiger partial charge is 0.193 e. The number of rotatable bonds is 1. The summed E-state index contributed by atoms with van der Waals surface area (Å²) in [6.07, 6.45) is 1.73. The third-order valence-electron chi connectivity index (χ3n) is 2.19. The van der Waals surface area contributed by atoms with Crippen LogP contribution in [0.15, 0.2) is 11.8 Å². The van der Waals surface area contributed by atoms with Crippen LogP contribution in [0.4, 0.5) is 0 Å². The van der Waals surface area contributed by atoms with Gasteiger partial charge in [-0.15, -0.1) is 0 Å². The highest BCUT2D eigenvalue weighted by Gasteiger charge is 2.58. The number of ether oxygens (including phenoxy) is 1. The van der Waals surface area contributed by atoms with E-state index in [-0.39, 0.29) is 23.7 Å². The number of carbonyl (C=O) groups is 1. The van der Waals surface area contributed by atoms with Crippen LogP contribution in [0.1, 0.15) is 6.92 Å². The number of ketones is 1. The molecule has 2 aliphatic rings. The minimum atomic E-state index is -0.0119. The summed E-state index contributed by atoms with van der Waals surface area (Å²) in [7, 11) is 0. The predicted octanol–water partition coefficient (Wildman–Crippen LogP) is 0.628. The fourth-order valence-corrected chi connectivity index (χ4v) is 1.58. The second-order valence-corrected chi connectivity index (χ2v) is 2.94. The lowest BCUT2D eigenvalue weighted by atomic mass is 10.2. The van der Waals surface area contributed by atoms with Gasteiger partial charge < -0.3 is 4.74 Å². The first kappa shape index (κ1) is 6.41. The normalized spacial score (nSPS) is 38.2. The molecule has 0 saturated heterocycles. The Morgan fingerprint density at radius 2 is 2.55 bits per heavy atom. The van der Waals surface area contributed by atoms with Gasteiger partial charge in [0.15, 0.2) is 5.76 Å². The Kier molecular flexibility index (Phi) is 1.08. The number of Topliss-reactive ketones (excluding diaryl/α,β-unsaturated/α-hetero) is 1. The van der Waals surface area contributed by atoms with Crippen LogP contribution in [-0.2, 0) is 9.53 Å². The largest absolute Gasteiger partial charge is 0.479 e. The monoisotopic (exact) mass is 149 g/mol. The van der Waals surface area contributed by atoms with E-state index in [1.807, 2.05) is 6.07 Å². The van der Waals surface area contributed by atoms with E-state index >= 15 is 0 Å². The Bertz CT molecular complexity index is 287. The second-order valence-electron chi connectivity index (χ2n) is 2.94. The summed E-state index contributed by atoms with van der Waals surface area (Å²) in [5.41, 5.74) is 0. The number of nitriles is 1. The number of hydrogen-bond donors (Lipinski definition) is 0. The fourth-order valence-electron chi connectivity index (χ4n) is 1.58. The molecule has 0 bridgehead atoms. The van der Waals surface area contributed by atoms with Gasteiger partial charge in [0.1, 0.15) is 18.0 Å². The summed E-state index contributed by atoms with van der Waals surface area (Å²) in [6, 6.07) is 1.91. The number of carbonyl (C=O) groups excluding carboxylic acids is 1. The Morgan fingerprint density at radius 3 is 2.91 bits per heavy atom. The molecule has 1 aliphatic carbocycles. The molecule has 0 aromatic heterocycles. The molecule has 1 fully saturated rings.